The van der Waals surface area contributed by atoms with Gasteiger partial charge in [-0.1, -0.05) is 43.7 Å². The second-order valence-corrected chi connectivity index (χ2v) is 5.19. The number of rotatable bonds is 2. The first-order valence-corrected chi connectivity index (χ1v) is 5.73. The van der Waals surface area contributed by atoms with Crippen molar-refractivity contribution in [2.45, 2.75) is 33.1 Å². The van der Waals surface area contributed by atoms with Gasteiger partial charge in [0.05, 0.1) is 0 Å². The number of H-pyrrole nitrogens is 1. The molecule has 0 aliphatic heterocycles. The molecule has 0 atom stereocenters. The van der Waals surface area contributed by atoms with Crippen LogP contribution in [0.25, 0.3) is 10.9 Å². The summed E-state index contributed by atoms with van der Waals surface area (Å²) in [6, 6.07) is 8.47. The van der Waals surface area contributed by atoms with Crippen LogP contribution in [0.15, 0.2) is 42.1 Å². The fourth-order valence-corrected chi connectivity index (χ4v) is 2.40. The second-order valence-electron chi connectivity index (χ2n) is 5.19. The normalized spacial score (nSPS) is 11.8. The first-order valence-electron chi connectivity index (χ1n) is 5.73. The fourth-order valence-electron chi connectivity index (χ4n) is 2.40. The van der Waals surface area contributed by atoms with Crippen LogP contribution in [-0.4, -0.2) is 4.98 Å². The smallest absolute Gasteiger partial charge is 0.0457 e. The minimum Gasteiger partial charge on any atom is -0.361 e. The lowest BCUT2D eigenvalue weighted by atomic mass is 9.83. The molecular weight excluding hydrogens is 194 g/mol. The average Bonchev–Trinajstić information content (AvgIpc) is 2.59. The zero-order valence-electron chi connectivity index (χ0n) is 10.5. The number of benzene rings is 1. The van der Waals surface area contributed by atoms with Gasteiger partial charge in [-0.2, -0.15) is 0 Å². The summed E-state index contributed by atoms with van der Waals surface area (Å²) >= 11 is 0. The Morgan fingerprint density at radius 3 is 2.56 bits per heavy atom. The maximum absolute atomic E-state index is 3.34. The first kappa shape index (κ1) is 11.0. The van der Waals surface area contributed by atoms with Crippen molar-refractivity contribution in [2.75, 3.05) is 0 Å². The van der Waals surface area contributed by atoms with Crippen LogP contribution < -0.4 is 0 Å². The van der Waals surface area contributed by atoms with E-state index < -0.39 is 0 Å². The van der Waals surface area contributed by atoms with E-state index in [0.717, 1.165) is 0 Å². The number of aromatic nitrogens is 1. The highest BCUT2D eigenvalue weighted by Gasteiger charge is 2.20. The van der Waals surface area contributed by atoms with Gasteiger partial charge in [0.25, 0.3) is 0 Å². The van der Waals surface area contributed by atoms with Gasteiger partial charge in [0, 0.05) is 22.5 Å². The lowest BCUT2D eigenvalue weighted by Crippen LogP contribution is -2.13. The zero-order valence-corrected chi connectivity index (χ0v) is 10.5. The molecule has 2 rings (SSSR count). The number of hydrogen-bond acceptors (Lipinski definition) is 0. The van der Waals surface area contributed by atoms with E-state index >= 15 is 0 Å². The molecule has 2 aromatic rings. The van der Waals surface area contributed by atoms with E-state index in [9.17, 15) is 0 Å². The van der Waals surface area contributed by atoms with Gasteiger partial charge in [-0.25, -0.2) is 0 Å². The van der Waals surface area contributed by atoms with Crippen LogP contribution in [0, 0.1) is 0 Å². The second kappa shape index (κ2) is 3.82. The highest BCUT2D eigenvalue weighted by atomic mass is 14.7. The molecule has 0 spiro atoms. The van der Waals surface area contributed by atoms with Crippen molar-refractivity contribution < 1.29 is 0 Å². The number of fused-ring (bicyclic) bond motifs is 1. The molecule has 0 fully saturated rings. The van der Waals surface area contributed by atoms with E-state index in [-0.39, 0.29) is 5.41 Å². The third kappa shape index (κ3) is 1.90. The van der Waals surface area contributed by atoms with Crippen LogP contribution in [0.4, 0.5) is 0 Å². The Balaban J connectivity index is 2.59. The summed E-state index contributed by atoms with van der Waals surface area (Å²) in [5.74, 6) is 0. The summed E-state index contributed by atoms with van der Waals surface area (Å²) in [4.78, 5) is 3.34. The monoisotopic (exact) mass is 213 g/mol. The van der Waals surface area contributed by atoms with Crippen molar-refractivity contribution in [3.8, 4) is 0 Å². The number of allylic oxidation sites excluding steroid dienone is 2. The van der Waals surface area contributed by atoms with Gasteiger partial charge < -0.3 is 4.98 Å². The molecule has 0 aliphatic carbocycles. The van der Waals surface area contributed by atoms with Gasteiger partial charge in [-0.3, -0.25) is 0 Å². The molecule has 1 heteroatoms. The summed E-state index contributed by atoms with van der Waals surface area (Å²) in [6.07, 6.45) is 4.45. The van der Waals surface area contributed by atoms with Crippen molar-refractivity contribution >= 4 is 10.9 Å². The Morgan fingerprint density at radius 2 is 1.88 bits per heavy atom. The van der Waals surface area contributed by atoms with E-state index in [2.05, 4.69) is 69.2 Å². The minimum absolute atomic E-state index is 0.0818. The molecule has 0 unspecified atom stereocenters. The molecule has 1 nitrogen and oxygen atoms in total. The predicted molar refractivity (Wildman–Crippen MR) is 70.8 cm³/mol. The molecule has 0 amide bonds. The lowest BCUT2D eigenvalue weighted by molar-refractivity contribution is 0.670. The molecule has 1 aromatic carbocycles. The molecule has 0 aliphatic rings. The average molecular weight is 213 g/mol. The van der Waals surface area contributed by atoms with Gasteiger partial charge in [-0.15, -0.1) is 0 Å². The number of aromatic amines is 1. The van der Waals surface area contributed by atoms with Crippen LogP contribution >= 0.6 is 0 Å². The van der Waals surface area contributed by atoms with Gasteiger partial charge in [0.1, 0.15) is 0 Å². The Hall–Kier alpha value is -1.50. The Labute approximate surface area is 97.2 Å². The van der Waals surface area contributed by atoms with Crippen molar-refractivity contribution in [1.29, 1.82) is 0 Å². The zero-order chi connectivity index (χ0) is 11.8. The number of para-hydroxylation sites is 1. The molecule has 84 valence electrons. The molecule has 0 saturated carbocycles. The van der Waals surface area contributed by atoms with Gasteiger partial charge in [0.15, 0.2) is 0 Å². The maximum atomic E-state index is 3.34. The van der Waals surface area contributed by atoms with E-state index in [4.69, 9.17) is 0 Å². The molecule has 0 bridgehead atoms. The summed E-state index contributed by atoms with van der Waals surface area (Å²) in [5.41, 5.74) is 4.02. The highest BCUT2D eigenvalue weighted by Crippen LogP contribution is 2.32. The topological polar surface area (TPSA) is 15.8 Å². The SMILES string of the molecule is CC(C)=CC(C)(C)c1c[nH]c2ccccc12. The Kier molecular flexibility index (Phi) is 2.63. The molecule has 1 heterocycles. The summed E-state index contributed by atoms with van der Waals surface area (Å²) in [6.45, 7) is 8.82. The van der Waals surface area contributed by atoms with Gasteiger partial charge in [-0.05, 0) is 25.5 Å². The Bertz CT molecular complexity index is 525. The highest BCUT2D eigenvalue weighted by molar-refractivity contribution is 5.84. The molecular formula is C15H19N. The van der Waals surface area contributed by atoms with Crippen LogP contribution in [0.2, 0.25) is 0 Å². The summed E-state index contributed by atoms with van der Waals surface area (Å²) < 4.78 is 0. The van der Waals surface area contributed by atoms with E-state index in [1.807, 2.05) is 0 Å². The first-order chi connectivity index (χ1) is 7.50. The van der Waals surface area contributed by atoms with E-state index in [0.29, 0.717) is 0 Å². The number of hydrogen-bond donors (Lipinski definition) is 1. The van der Waals surface area contributed by atoms with Crippen LogP contribution in [0.3, 0.4) is 0 Å². The molecule has 1 N–H and O–H groups in total. The third-order valence-electron chi connectivity index (χ3n) is 2.93. The van der Waals surface area contributed by atoms with E-state index in [1.54, 1.807) is 0 Å². The number of nitrogens with one attached hydrogen (secondary N) is 1. The van der Waals surface area contributed by atoms with Crippen molar-refractivity contribution in [1.82, 2.24) is 4.98 Å². The largest absolute Gasteiger partial charge is 0.361 e. The Morgan fingerprint density at radius 1 is 1.19 bits per heavy atom. The van der Waals surface area contributed by atoms with Gasteiger partial charge >= 0.3 is 0 Å². The molecule has 0 radical (unpaired) electrons. The predicted octanol–water partition coefficient (Wildman–Crippen LogP) is 4.41. The van der Waals surface area contributed by atoms with Crippen LogP contribution in [0.1, 0.15) is 33.3 Å². The minimum atomic E-state index is 0.0818. The molecule has 16 heavy (non-hydrogen) atoms. The van der Waals surface area contributed by atoms with Crippen molar-refractivity contribution in [3.05, 3.63) is 47.7 Å². The van der Waals surface area contributed by atoms with Crippen LogP contribution in [0.5, 0.6) is 0 Å². The van der Waals surface area contributed by atoms with Crippen molar-refractivity contribution in [3.63, 3.8) is 0 Å². The summed E-state index contributed by atoms with van der Waals surface area (Å²) in [5, 5.41) is 1.32. The van der Waals surface area contributed by atoms with Crippen LogP contribution in [-0.2, 0) is 5.41 Å². The standard InChI is InChI=1S/C15H19N/c1-11(2)9-15(3,4)13-10-16-14-8-6-5-7-12(13)14/h5-10,16H,1-4H3. The fraction of sp³-hybridized carbons (Fsp3) is 0.333. The third-order valence-corrected chi connectivity index (χ3v) is 2.93. The maximum Gasteiger partial charge on any atom is 0.0457 e. The quantitative estimate of drug-likeness (QED) is 0.711. The van der Waals surface area contributed by atoms with E-state index in [1.165, 1.54) is 22.0 Å². The molecule has 0 saturated heterocycles. The molecule has 1 aromatic heterocycles. The van der Waals surface area contributed by atoms with Crippen molar-refractivity contribution in [2.24, 2.45) is 0 Å². The summed E-state index contributed by atoms with van der Waals surface area (Å²) in [7, 11) is 0. The lowest BCUT2D eigenvalue weighted by Gasteiger charge is -2.20. The van der Waals surface area contributed by atoms with Gasteiger partial charge in [0.2, 0.25) is 0 Å².